The van der Waals surface area contributed by atoms with E-state index >= 15 is 0 Å². The maximum atomic E-state index is 12.4. The van der Waals surface area contributed by atoms with Gasteiger partial charge in [0.1, 0.15) is 0 Å². The highest BCUT2D eigenvalue weighted by molar-refractivity contribution is 4.88. The van der Waals surface area contributed by atoms with E-state index in [-0.39, 0.29) is 6.67 Å². The molecular formula is C14H29FN2. The average molecular weight is 244 g/mol. The lowest BCUT2D eigenvalue weighted by molar-refractivity contribution is 0.0857. The van der Waals surface area contributed by atoms with Crippen LogP contribution in [0.25, 0.3) is 0 Å². The van der Waals surface area contributed by atoms with Crippen molar-refractivity contribution in [2.45, 2.75) is 58.5 Å². The van der Waals surface area contributed by atoms with Crippen LogP contribution in [0.1, 0.15) is 46.5 Å². The first-order valence-corrected chi connectivity index (χ1v) is 7.26. The van der Waals surface area contributed by atoms with Crippen molar-refractivity contribution in [1.82, 2.24) is 10.2 Å². The fourth-order valence-electron chi connectivity index (χ4n) is 2.79. The fourth-order valence-corrected chi connectivity index (χ4v) is 2.79. The molecule has 1 fully saturated rings. The molecule has 1 rings (SSSR count). The van der Waals surface area contributed by atoms with Crippen molar-refractivity contribution < 1.29 is 4.39 Å². The van der Waals surface area contributed by atoms with Crippen LogP contribution >= 0.6 is 0 Å². The molecule has 1 N–H and O–H groups in total. The fraction of sp³-hybridized carbons (Fsp3) is 1.00. The first-order chi connectivity index (χ1) is 8.22. The van der Waals surface area contributed by atoms with Gasteiger partial charge in [-0.15, -0.1) is 0 Å². The minimum Gasteiger partial charge on any atom is -0.311 e. The summed E-state index contributed by atoms with van der Waals surface area (Å²) in [6, 6.07) is 1.21. The molecule has 3 heteroatoms. The number of piperazine rings is 1. The quantitative estimate of drug-likeness (QED) is 0.741. The summed E-state index contributed by atoms with van der Waals surface area (Å²) in [5.74, 6) is 0.699. The van der Waals surface area contributed by atoms with Gasteiger partial charge in [-0.25, -0.2) is 0 Å². The number of hydrogen-bond acceptors (Lipinski definition) is 2. The number of hydrogen-bond donors (Lipinski definition) is 1. The topological polar surface area (TPSA) is 15.3 Å². The van der Waals surface area contributed by atoms with Gasteiger partial charge in [-0.05, 0) is 18.8 Å². The number of nitrogens with one attached hydrogen (secondary N) is 1. The normalized spacial score (nSPS) is 28.2. The highest BCUT2D eigenvalue weighted by Crippen LogP contribution is 2.19. The van der Waals surface area contributed by atoms with Crippen molar-refractivity contribution in [3.8, 4) is 0 Å². The van der Waals surface area contributed by atoms with Gasteiger partial charge in [0, 0.05) is 31.7 Å². The Labute approximate surface area is 106 Å². The zero-order chi connectivity index (χ0) is 12.7. The first kappa shape index (κ1) is 14.9. The Kier molecular flexibility index (Phi) is 7.05. The van der Waals surface area contributed by atoms with Crippen LogP contribution in [0.3, 0.4) is 0 Å². The molecule has 0 radical (unpaired) electrons. The standard InChI is InChI=1S/C14H29FN2/c1-4-7-13-11-17(9-6-8-15)14(10-16-13)12(3)5-2/h12-14,16H,4-11H2,1-3H3. The monoisotopic (exact) mass is 244 g/mol. The summed E-state index contributed by atoms with van der Waals surface area (Å²) in [5, 5.41) is 3.66. The lowest BCUT2D eigenvalue weighted by Crippen LogP contribution is -2.58. The van der Waals surface area contributed by atoms with Crippen molar-refractivity contribution in [2.24, 2.45) is 5.92 Å². The van der Waals surface area contributed by atoms with E-state index < -0.39 is 0 Å². The van der Waals surface area contributed by atoms with E-state index in [9.17, 15) is 4.39 Å². The molecule has 0 amide bonds. The third kappa shape index (κ3) is 4.55. The molecule has 0 aromatic rings. The highest BCUT2D eigenvalue weighted by Gasteiger charge is 2.29. The van der Waals surface area contributed by atoms with Crippen LogP contribution in [0.2, 0.25) is 0 Å². The molecule has 3 atom stereocenters. The van der Waals surface area contributed by atoms with E-state index in [1.807, 2.05) is 0 Å². The van der Waals surface area contributed by atoms with Crippen LogP contribution < -0.4 is 5.32 Å². The Bertz CT molecular complexity index is 199. The molecule has 1 aliphatic heterocycles. The zero-order valence-corrected chi connectivity index (χ0v) is 11.7. The molecule has 0 aliphatic carbocycles. The van der Waals surface area contributed by atoms with Gasteiger partial charge in [-0.1, -0.05) is 33.6 Å². The highest BCUT2D eigenvalue weighted by atomic mass is 19.1. The van der Waals surface area contributed by atoms with Gasteiger partial charge in [-0.2, -0.15) is 0 Å². The van der Waals surface area contributed by atoms with Crippen molar-refractivity contribution in [3.05, 3.63) is 0 Å². The Morgan fingerprint density at radius 3 is 2.76 bits per heavy atom. The van der Waals surface area contributed by atoms with Gasteiger partial charge in [-0.3, -0.25) is 9.29 Å². The van der Waals surface area contributed by atoms with E-state index in [4.69, 9.17) is 0 Å². The lowest BCUT2D eigenvalue weighted by atomic mass is 9.93. The largest absolute Gasteiger partial charge is 0.311 e. The zero-order valence-electron chi connectivity index (χ0n) is 11.7. The van der Waals surface area contributed by atoms with Crippen molar-refractivity contribution in [2.75, 3.05) is 26.3 Å². The SMILES string of the molecule is CCCC1CN(CCCF)C(C(C)CC)CN1. The Balaban J connectivity index is 2.52. The summed E-state index contributed by atoms with van der Waals surface area (Å²) >= 11 is 0. The predicted octanol–water partition coefficient (Wildman–Crippen LogP) is 2.83. The van der Waals surface area contributed by atoms with E-state index in [0.29, 0.717) is 24.4 Å². The molecule has 2 nitrogen and oxygen atoms in total. The Hall–Kier alpha value is -0.150. The van der Waals surface area contributed by atoms with Crippen molar-refractivity contribution >= 4 is 0 Å². The molecule has 1 saturated heterocycles. The second-order valence-corrected chi connectivity index (χ2v) is 5.38. The second-order valence-electron chi connectivity index (χ2n) is 5.38. The van der Waals surface area contributed by atoms with E-state index in [2.05, 4.69) is 31.0 Å². The molecule has 3 unspecified atom stereocenters. The summed E-state index contributed by atoms with van der Waals surface area (Å²) < 4.78 is 12.4. The maximum absolute atomic E-state index is 12.4. The molecule has 0 aromatic heterocycles. The van der Waals surface area contributed by atoms with Crippen LogP contribution in [0.15, 0.2) is 0 Å². The predicted molar refractivity (Wildman–Crippen MR) is 72.1 cm³/mol. The van der Waals surface area contributed by atoms with Crippen LogP contribution in [0.4, 0.5) is 4.39 Å². The Morgan fingerprint density at radius 1 is 1.41 bits per heavy atom. The van der Waals surface area contributed by atoms with E-state index in [1.165, 1.54) is 19.3 Å². The summed E-state index contributed by atoms with van der Waals surface area (Å²) in [5.41, 5.74) is 0. The average Bonchev–Trinajstić information content (AvgIpc) is 2.36. The number of halogens is 1. The molecule has 0 aromatic carbocycles. The lowest BCUT2D eigenvalue weighted by Gasteiger charge is -2.43. The van der Waals surface area contributed by atoms with Gasteiger partial charge >= 0.3 is 0 Å². The minimum absolute atomic E-state index is 0.185. The van der Waals surface area contributed by atoms with Crippen LogP contribution in [-0.2, 0) is 0 Å². The molecule has 0 saturated carbocycles. The van der Waals surface area contributed by atoms with E-state index in [1.54, 1.807) is 0 Å². The summed E-state index contributed by atoms with van der Waals surface area (Å²) in [7, 11) is 0. The van der Waals surface area contributed by atoms with Crippen molar-refractivity contribution in [3.63, 3.8) is 0 Å². The molecule has 102 valence electrons. The molecule has 0 spiro atoms. The van der Waals surface area contributed by atoms with Gasteiger partial charge in [0.25, 0.3) is 0 Å². The van der Waals surface area contributed by atoms with Crippen LogP contribution in [0.5, 0.6) is 0 Å². The van der Waals surface area contributed by atoms with Crippen molar-refractivity contribution in [1.29, 1.82) is 0 Å². The molecule has 0 bridgehead atoms. The van der Waals surface area contributed by atoms with Gasteiger partial charge in [0.15, 0.2) is 0 Å². The van der Waals surface area contributed by atoms with Gasteiger partial charge in [0.05, 0.1) is 6.67 Å². The third-order valence-electron chi connectivity index (χ3n) is 4.06. The third-order valence-corrected chi connectivity index (χ3v) is 4.06. The van der Waals surface area contributed by atoms with Crippen LogP contribution in [-0.4, -0.2) is 43.3 Å². The Morgan fingerprint density at radius 2 is 2.18 bits per heavy atom. The summed E-state index contributed by atoms with van der Waals surface area (Å²) in [4.78, 5) is 2.52. The minimum atomic E-state index is -0.185. The second kappa shape index (κ2) is 8.04. The molecule has 1 heterocycles. The molecule has 1 aliphatic rings. The summed E-state index contributed by atoms with van der Waals surface area (Å²) in [6.07, 6.45) is 4.35. The molecular weight excluding hydrogens is 215 g/mol. The van der Waals surface area contributed by atoms with E-state index in [0.717, 1.165) is 19.6 Å². The van der Waals surface area contributed by atoms with Gasteiger partial charge < -0.3 is 5.32 Å². The summed E-state index contributed by atoms with van der Waals surface area (Å²) in [6.45, 7) is 9.71. The smallest absolute Gasteiger partial charge is 0.0906 e. The number of alkyl halides is 1. The number of nitrogens with zero attached hydrogens (tertiary/aromatic N) is 1. The van der Waals surface area contributed by atoms with Crippen LogP contribution in [0, 0.1) is 5.92 Å². The van der Waals surface area contributed by atoms with Gasteiger partial charge in [0.2, 0.25) is 0 Å². The molecule has 17 heavy (non-hydrogen) atoms. The maximum Gasteiger partial charge on any atom is 0.0906 e. The number of rotatable bonds is 7. The first-order valence-electron chi connectivity index (χ1n) is 7.26.